The molecular formula is C10H20N2O2. The quantitative estimate of drug-likeness (QED) is 0.662. The van der Waals surface area contributed by atoms with E-state index in [0.717, 1.165) is 25.8 Å². The predicted molar refractivity (Wildman–Crippen MR) is 55.1 cm³/mol. The van der Waals surface area contributed by atoms with Crippen molar-refractivity contribution in [1.82, 2.24) is 10.2 Å². The molecule has 1 N–H and O–H groups in total. The van der Waals surface area contributed by atoms with E-state index < -0.39 is 0 Å². The average Bonchev–Trinajstić information content (AvgIpc) is 2.20. The van der Waals surface area contributed by atoms with Gasteiger partial charge in [0.25, 0.3) is 0 Å². The number of methoxy groups -OCH3 is 1. The van der Waals surface area contributed by atoms with Gasteiger partial charge in [0.15, 0.2) is 0 Å². The van der Waals surface area contributed by atoms with E-state index >= 15 is 0 Å². The standard InChI is InChI=1S/C10H20N2O2/c1-11-7-8-5-4-6-9(12(8)2)10(13)14-3/h8-9,11H,4-7H2,1-3H3. The van der Waals surface area contributed by atoms with Crippen LogP contribution in [0.4, 0.5) is 0 Å². The number of carbonyl (C=O) groups excluding carboxylic acids is 1. The minimum atomic E-state index is -0.103. The van der Waals surface area contributed by atoms with Crippen LogP contribution >= 0.6 is 0 Å². The Hall–Kier alpha value is -0.610. The Bertz CT molecular complexity index is 195. The van der Waals surface area contributed by atoms with Crippen LogP contribution in [-0.2, 0) is 9.53 Å². The highest BCUT2D eigenvalue weighted by atomic mass is 16.5. The first-order valence-corrected chi connectivity index (χ1v) is 5.15. The van der Waals surface area contributed by atoms with E-state index in [1.54, 1.807) is 0 Å². The maximum absolute atomic E-state index is 11.4. The molecule has 1 saturated heterocycles. The summed E-state index contributed by atoms with van der Waals surface area (Å²) in [7, 11) is 5.40. The summed E-state index contributed by atoms with van der Waals surface area (Å²) in [5.74, 6) is -0.103. The van der Waals surface area contributed by atoms with Gasteiger partial charge in [-0.25, -0.2) is 0 Å². The van der Waals surface area contributed by atoms with Gasteiger partial charge in [0.05, 0.1) is 7.11 Å². The lowest BCUT2D eigenvalue weighted by atomic mass is 9.96. The topological polar surface area (TPSA) is 41.6 Å². The SMILES string of the molecule is CNCC1CCCC(C(=O)OC)N1C. The Labute approximate surface area is 85.6 Å². The number of likely N-dealkylation sites (tertiary alicyclic amines) is 1. The zero-order chi connectivity index (χ0) is 10.6. The van der Waals surface area contributed by atoms with E-state index in [2.05, 4.69) is 10.2 Å². The van der Waals surface area contributed by atoms with Crippen molar-refractivity contribution >= 4 is 5.97 Å². The fourth-order valence-corrected chi connectivity index (χ4v) is 2.11. The van der Waals surface area contributed by atoms with Gasteiger partial charge >= 0.3 is 5.97 Å². The first kappa shape index (κ1) is 11.5. The lowest BCUT2D eigenvalue weighted by Gasteiger charge is -2.37. The lowest BCUT2D eigenvalue weighted by molar-refractivity contribution is -0.148. The smallest absolute Gasteiger partial charge is 0.323 e. The third-order valence-corrected chi connectivity index (χ3v) is 3.00. The zero-order valence-electron chi connectivity index (χ0n) is 9.25. The fourth-order valence-electron chi connectivity index (χ4n) is 2.11. The molecule has 0 spiro atoms. The second kappa shape index (κ2) is 5.32. The third kappa shape index (κ3) is 2.45. The number of ether oxygens (including phenoxy) is 1. The molecule has 0 amide bonds. The summed E-state index contributed by atoms with van der Waals surface area (Å²) in [6.45, 7) is 0.935. The molecule has 2 atom stereocenters. The van der Waals surface area contributed by atoms with Crippen LogP contribution in [0.25, 0.3) is 0 Å². The minimum Gasteiger partial charge on any atom is -0.468 e. The second-order valence-electron chi connectivity index (χ2n) is 3.85. The molecule has 14 heavy (non-hydrogen) atoms. The van der Waals surface area contributed by atoms with Gasteiger partial charge in [-0.05, 0) is 33.4 Å². The maximum Gasteiger partial charge on any atom is 0.323 e. The molecule has 0 radical (unpaired) electrons. The molecular weight excluding hydrogens is 180 g/mol. The maximum atomic E-state index is 11.4. The molecule has 2 unspecified atom stereocenters. The van der Waals surface area contributed by atoms with E-state index in [1.807, 2.05) is 14.1 Å². The number of piperidine rings is 1. The van der Waals surface area contributed by atoms with Crippen LogP contribution in [0.1, 0.15) is 19.3 Å². The van der Waals surface area contributed by atoms with Crippen molar-refractivity contribution in [2.24, 2.45) is 0 Å². The summed E-state index contributed by atoms with van der Waals surface area (Å²) in [6, 6.07) is 0.407. The number of hydrogen-bond donors (Lipinski definition) is 1. The molecule has 4 heteroatoms. The molecule has 4 nitrogen and oxygen atoms in total. The lowest BCUT2D eigenvalue weighted by Crippen LogP contribution is -2.51. The van der Waals surface area contributed by atoms with Gasteiger partial charge in [0.1, 0.15) is 6.04 Å². The van der Waals surface area contributed by atoms with Gasteiger partial charge in [0.2, 0.25) is 0 Å². The Kier molecular flexibility index (Phi) is 4.35. The minimum absolute atomic E-state index is 0.0490. The van der Waals surface area contributed by atoms with Crippen molar-refractivity contribution in [3.8, 4) is 0 Å². The van der Waals surface area contributed by atoms with E-state index in [0.29, 0.717) is 6.04 Å². The van der Waals surface area contributed by atoms with E-state index in [9.17, 15) is 4.79 Å². The number of likely N-dealkylation sites (N-methyl/N-ethyl adjacent to an activating group) is 2. The van der Waals surface area contributed by atoms with E-state index in [1.165, 1.54) is 7.11 Å². The van der Waals surface area contributed by atoms with Crippen molar-refractivity contribution in [3.63, 3.8) is 0 Å². The van der Waals surface area contributed by atoms with Crippen LogP contribution in [0.3, 0.4) is 0 Å². The van der Waals surface area contributed by atoms with Gasteiger partial charge in [-0.2, -0.15) is 0 Å². The predicted octanol–water partition coefficient (Wildman–Crippen LogP) is 0.232. The van der Waals surface area contributed by atoms with Crippen LogP contribution in [0.15, 0.2) is 0 Å². The molecule has 1 heterocycles. The molecule has 1 rings (SSSR count). The first-order chi connectivity index (χ1) is 6.70. The number of nitrogens with one attached hydrogen (secondary N) is 1. The van der Waals surface area contributed by atoms with Crippen LogP contribution in [0, 0.1) is 0 Å². The highest BCUT2D eigenvalue weighted by Gasteiger charge is 2.32. The molecule has 82 valence electrons. The second-order valence-corrected chi connectivity index (χ2v) is 3.85. The molecule has 1 fully saturated rings. The number of hydrogen-bond acceptors (Lipinski definition) is 4. The van der Waals surface area contributed by atoms with Crippen molar-refractivity contribution in [3.05, 3.63) is 0 Å². The summed E-state index contributed by atoms with van der Waals surface area (Å²) in [6.07, 6.45) is 3.19. The van der Waals surface area contributed by atoms with Gasteiger partial charge in [-0.3, -0.25) is 9.69 Å². The largest absolute Gasteiger partial charge is 0.468 e. The van der Waals surface area contributed by atoms with Crippen molar-refractivity contribution in [2.45, 2.75) is 31.3 Å². The number of esters is 1. The van der Waals surface area contributed by atoms with Gasteiger partial charge < -0.3 is 10.1 Å². The highest BCUT2D eigenvalue weighted by molar-refractivity contribution is 5.75. The van der Waals surface area contributed by atoms with Crippen LogP contribution in [0.5, 0.6) is 0 Å². The van der Waals surface area contributed by atoms with E-state index in [-0.39, 0.29) is 12.0 Å². The zero-order valence-corrected chi connectivity index (χ0v) is 9.25. The third-order valence-electron chi connectivity index (χ3n) is 3.00. The van der Waals surface area contributed by atoms with Crippen LogP contribution in [-0.4, -0.2) is 50.7 Å². The fraction of sp³-hybridized carbons (Fsp3) is 0.900. The molecule has 0 saturated carbocycles. The Morgan fingerprint density at radius 1 is 1.57 bits per heavy atom. The molecule has 1 aliphatic rings. The summed E-state index contributed by atoms with van der Waals surface area (Å²) >= 11 is 0. The van der Waals surface area contributed by atoms with E-state index in [4.69, 9.17) is 4.74 Å². The number of rotatable bonds is 3. The molecule has 0 aromatic heterocycles. The highest BCUT2D eigenvalue weighted by Crippen LogP contribution is 2.21. The summed E-state index contributed by atoms with van der Waals surface area (Å²) in [5.41, 5.74) is 0. The van der Waals surface area contributed by atoms with Gasteiger partial charge in [-0.1, -0.05) is 0 Å². The van der Waals surface area contributed by atoms with Crippen molar-refractivity contribution in [1.29, 1.82) is 0 Å². The number of carbonyl (C=O) groups is 1. The van der Waals surface area contributed by atoms with Gasteiger partial charge in [-0.15, -0.1) is 0 Å². The van der Waals surface area contributed by atoms with Crippen molar-refractivity contribution < 1.29 is 9.53 Å². The normalized spacial score (nSPS) is 28.8. The molecule has 0 aromatic carbocycles. The molecule has 0 aromatic rings. The van der Waals surface area contributed by atoms with Crippen molar-refractivity contribution in [2.75, 3.05) is 27.7 Å². The molecule has 1 aliphatic heterocycles. The van der Waals surface area contributed by atoms with Gasteiger partial charge in [0, 0.05) is 12.6 Å². The Morgan fingerprint density at radius 2 is 2.29 bits per heavy atom. The van der Waals surface area contributed by atoms with Crippen LogP contribution in [0.2, 0.25) is 0 Å². The first-order valence-electron chi connectivity index (χ1n) is 5.15. The summed E-state index contributed by atoms with van der Waals surface area (Å²) in [4.78, 5) is 13.6. The summed E-state index contributed by atoms with van der Waals surface area (Å²) in [5, 5.41) is 3.15. The average molecular weight is 200 g/mol. The Balaban J connectivity index is 2.56. The summed E-state index contributed by atoms with van der Waals surface area (Å²) < 4.78 is 4.79. The Morgan fingerprint density at radius 3 is 2.86 bits per heavy atom. The van der Waals surface area contributed by atoms with Crippen LogP contribution < -0.4 is 5.32 Å². The monoisotopic (exact) mass is 200 g/mol. The number of nitrogens with zero attached hydrogens (tertiary/aromatic N) is 1. The molecule has 0 aliphatic carbocycles. The molecule has 0 bridgehead atoms.